The van der Waals surface area contributed by atoms with Crippen molar-refractivity contribution in [2.24, 2.45) is 5.14 Å². The number of hydrogen-bond acceptors (Lipinski definition) is 7. The lowest BCUT2D eigenvalue weighted by Crippen LogP contribution is -2.12. The van der Waals surface area contributed by atoms with Crippen molar-refractivity contribution in [3.63, 3.8) is 0 Å². The number of aryl methyl sites for hydroxylation is 1. The van der Waals surface area contributed by atoms with E-state index in [2.05, 4.69) is 25.4 Å². The van der Waals surface area contributed by atoms with Gasteiger partial charge in [-0.2, -0.15) is 14.8 Å². The summed E-state index contributed by atoms with van der Waals surface area (Å²) in [6.45, 7) is 1.90. The molecule has 1 aromatic carbocycles. The normalized spacial score (nSPS) is 11.6. The molecular formula is C17H15N7O2S. The Kier molecular flexibility index (Phi) is 4.05. The van der Waals surface area contributed by atoms with Gasteiger partial charge in [0.05, 0.1) is 10.6 Å². The Hall–Kier alpha value is -3.37. The third-order valence-corrected chi connectivity index (χ3v) is 4.81. The fourth-order valence-corrected chi connectivity index (χ4v) is 3.23. The fourth-order valence-electron chi connectivity index (χ4n) is 2.67. The number of hydrogen-bond donors (Lipinski definition) is 2. The maximum atomic E-state index is 11.5. The van der Waals surface area contributed by atoms with Crippen LogP contribution in [-0.4, -0.2) is 33.2 Å². The van der Waals surface area contributed by atoms with Gasteiger partial charge >= 0.3 is 0 Å². The summed E-state index contributed by atoms with van der Waals surface area (Å²) in [5.41, 5.74) is 2.03. The van der Waals surface area contributed by atoms with Gasteiger partial charge in [0.15, 0.2) is 11.5 Å². The highest BCUT2D eigenvalue weighted by atomic mass is 32.2. The molecule has 0 unspecified atom stereocenters. The van der Waals surface area contributed by atoms with Crippen molar-refractivity contribution in [2.75, 3.05) is 5.32 Å². The minimum Gasteiger partial charge on any atom is -0.324 e. The van der Waals surface area contributed by atoms with E-state index in [-0.39, 0.29) is 10.8 Å². The molecule has 9 nitrogen and oxygen atoms in total. The van der Waals surface area contributed by atoms with Gasteiger partial charge in [0, 0.05) is 29.5 Å². The minimum atomic E-state index is -3.79. The van der Waals surface area contributed by atoms with Crippen LogP contribution in [0.5, 0.6) is 0 Å². The number of aromatic nitrogens is 5. The molecule has 0 amide bonds. The van der Waals surface area contributed by atoms with Gasteiger partial charge in [-0.05, 0) is 37.3 Å². The van der Waals surface area contributed by atoms with Crippen LogP contribution in [0.2, 0.25) is 0 Å². The van der Waals surface area contributed by atoms with Crippen LogP contribution in [0.4, 0.5) is 11.6 Å². The first kappa shape index (κ1) is 17.1. The standard InChI is InChI=1S/C17H15N7O2S/c1-11-14-6-3-8-19-16(14)24(23-11)15-7-9-20-17(22-15)21-12-4-2-5-13(10-12)27(18,25)26/h2-10H,1H3,(H2,18,25,26)(H,20,21,22). The molecule has 3 N–H and O–H groups in total. The monoisotopic (exact) mass is 381 g/mol. The van der Waals surface area contributed by atoms with Crippen LogP contribution in [0, 0.1) is 6.92 Å². The predicted molar refractivity (Wildman–Crippen MR) is 100 cm³/mol. The number of fused-ring (bicyclic) bond motifs is 1. The zero-order chi connectivity index (χ0) is 19.0. The number of pyridine rings is 1. The Labute approximate surface area is 155 Å². The molecule has 4 rings (SSSR count). The van der Waals surface area contributed by atoms with Gasteiger partial charge < -0.3 is 5.32 Å². The maximum absolute atomic E-state index is 11.5. The lowest BCUT2D eigenvalue weighted by molar-refractivity contribution is 0.598. The van der Waals surface area contributed by atoms with E-state index in [1.165, 1.54) is 12.1 Å². The van der Waals surface area contributed by atoms with Crippen LogP contribution >= 0.6 is 0 Å². The molecule has 0 fully saturated rings. The van der Waals surface area contributed by atoms with E-state index in [1.54, 1.807) is 35.3 Å². The van der Waals surface area contributed by atoms with Gasteiger partial charge in [0.25, 0.3) is 0 Å². The Morgan fingerprint density at radius 3 is 2.74 bits per heavy atom. The van der Waals surface area contributed by atoms with Crippen molar-refractivity contribution >= 4 is 32.7 Å². The van der Waals surface area contributed by atoms with Gasteiger partial charge in [-0.15, -0.1) is 0 Å². The zero-order valence-electron chi connectivity index (χ0n) is 14.2. The third-order valence-electron chi connectivity index (χ3n) is 3.90. The van der Waals surface area contributed by atoms with Gasteiger partial charge in [0.1, 0.15) is 0 Å². The number of nitrogens with one attached hydrogen (secondary N) is 1. The molecule has 4 aromatic rings. The van der Waals surface area contributed by atoms with Crippen LogP contribution < -0.4 is 10.5 Å². The molecule has 0 saturated carbocycles. The number of sulfonamides is 1. The summed E-state index contributed by atoms with van der Waals surface area (Å²) in [7, 11) is -3.79. The quantitative estimate of drug-likeness (QED) is 0.552. The molecule has 0 atom stereocenters. The van der Waals surface area contributed by atoms with E-state index in [9.17, 15) is 8.42 Å². The number of rotatable bonds is 4. The van der Waals surface area contributed by atoms with E-state index in [4.69, 9.17) is 5.14 Å². The zero-order valence-corrected chi connectivity index (χ0v) is 15.1. The van der Waals surface area contributed by atoms with Crippen molar-refractivity contribution in [2.45, 2.75) is 11.8 Å². The summed E-state index contributed by atoms with van der Waals surface area (Å²) in [5.74, 6) is 0.822. The van der Waals surface area contributed by atoms with Crippen molar-refractivity contribution < 1.29 is 8.42 Å². The van der Waals surface area contributed by atoms with Crippen LogP contribution in [0.25, 0.3) is 16.9 Å². The molecule has 0 aliphatic carbocycles. The molecule has 0 spiro atoms. The Balaban J connectivity index is 1.71. The molecule has 0 bridgehead atoms. The maximum Gasteiger partial charge on any atom is 0.238 e. The van der Waals surface area contributed by atoms with E-state index in [0.29, 0.717) is 17.2 Å². The average molecular weight is 381 g/mol. The molecule has 0 aliphatic heterocycles. The minimum absolute atomic E-state index is 0.00143. The lowest BCUT2D eigenvalue weighted by atomic mass is 10.3. The Morgan fingerprint density at radius 2 is 1.93 bits per heavy atom. The number of benzene rings is 1. The number of nitrogens with zero attached hydrogens (tertiary/aromatic N) is 5. The van der Waals surface area contributed by atoms with Crippen molar-refractivity contribution in [1.82, 2.24) is 24.7 Å². The first-order valence-electron chi connectivity index (χ1n) is 7.95. The van der Waals surface area contributed by atoms with E-state index < -0.39 is 10.0 Å². The highest BCUT2D eigenvalue weighted by molar-refractivity contribution is 7.89. The van der Waals surface area contributed by atoms with Gasteiger partial charge in [-0.3, -0.25) is 0 Å². The largest absolute Gasteiger partial charge is 0.324 e. The SMILES string of the molecule is Cc1nn(-c2ccnc(Nc3cccc(S(N)(=O)=O)c3)n2)c2ncccc12. The van der Waals surface area contributed by atoms with Crippen LogP contribution in [0.15, 0.2) is 59.8 Å². The van der Waals surface area contributed by atoms with E-state index in [1.807, 2.05) is 19.1 Å². The molecule has 10 heteroatoms. The van der Waals surface area contributed by atoms with E-state index >= 15 is 0 Å². The van der Waals surface area contributed by atoms with Crippen molar-refractivity contribution in [3.8, 4) is 5.82 Å². The summed E-state index contributed by atoms with van der Waals surface area (Å²) >= 11 is 0. The molecular weight excluding hydrogens is 366 g/mol. The smallest absolute Gasteiger partial charge is 0.238 e. The lowest BCUT2D eigenvalue weighted by Gasteiger charge is -2.08. The van der Waals surface area contributed by atoms with Gasteiger partial charge in [0.2, 0.25) is 16.0 Å². The number of nitrogens with two attached hydrogens (primary N) is 1. The third kappa shape index (κ3) is 3.35. The van der Waals surface area contributed by atoms with Crippen LogP contribution in [0.1, 0.15) is 5.69 Å². The average Bonchev–Trinajstić information content (AvgIpc) is 2.99. The molecule has 3 aromatic heterocycles. The second-order valence-corrected chi connectivity index (χ2v) is 7.37. The predicted octanol–water partition coefficient (Wildman–Crippen LogP) is 1.91. The fraction of sp³-hybridized carbons (Fsp3) is 0.0588. The van der Waals surface area contributed by atoms with Crippen LogP contribution in [-0.2, 0) is 10.0 Å². The van der Waals surface area contributed by atoms with Gasteiger partial charge in [-0.1, -0.05) is 6.07 Å². The second kappa shape index (κ2) is 6.41. The summed E-state index contributed by atoms with van der Waals surface area (Å²) in [5, 5.41) is 13.6. The number of anilines is 2. The Morgan fingerprint density at radius 1 is 1.07 bits per heavy atom. The molecule has 0 radical (unpaired) electrons. The molecule has 3 heterocycles. The summed E-state index contributed by atoms with van der Waals surface area (Å²) in [4.78, 5) is 13.0. The summed E-state index contributed by atoms with van der Waals surface area (Å²) in [6.07, 6.45) is 3.28. The van der Waals surface area contributed by atoms with Crippen molar-refractivity contribution in [1.29, 1.82) is 0 Å². The first-order valence-corrected chi connectivity index (χ1v) is 9.50. The number of primary sulfonamides is 1. The first-order chi connectivity index (χ1) is 12.9. The highest BCUT2D eigenvalue weighted by Gasteiger charge is 2.12. The molecule has 0 aliphatic rings. The van der Waals surface area contributed by atoms with Crippen LogP contribution in [0.3, 0.4) is 0 Å². The molecule has 0 saturated heterocycles. The second-order valence-electron chi connectivity index (χ2n) is 5.81. The summed E-state index contributed by atoms with van der Waals surface area (Å²) in [6, 6.07) is 11.6. The Bertz CT molecular complexity index is 1250. The van der Waals surface area contributed by atoms with E-state index in [0.717, 1.165) is 11.1 Å². The summed E-state index contributed by atoms with van der Waals surface area (Å²) < 4.78 is 24.6. The molecule has 136 valence electrons. The van der Waals surface area contributed by atoms with Crippen molar-refractivity contribution in [3.05, 3.63) is 60.6 Å². The topological polar surface area (TPSA) is 129 Å². The van der Waals surface area contributed by atoms with Gasteiger partial charge in [-0.25, -0.2) is 23.5 Å². The molecule has 27 heavy (non-hydrogen) atoms. The highest BCUT2D eigenvalue weighted by Crippen LogP contribution is 2.20.